The van der Waals surface area contributed by atoms with Gasteiger partial charge in [-0.3, -0.25) is 4.99 Å². The van der Waals surface area contributed by atoms with Gasteiger partial charge in [-0.25, -0.2) is 0 Å². The van der Waals surface area contributed by atoms with Gasteiger partial charge in [-0.2, -0.15) is 0 Å². The molecular formula is C15H28N2S. The van der Waals surface area contributed by atoms with Crippen LogP contribution in [0.1, 0.15) is 53.4 Å². The van der Waals surface area contributed by atoms with Crippen molar-refractivity contribution in [2.24, 2.45) is 22.7 Å². The Kier molecular flexibility index (Phi) is 4.99. The van der Waals surface area contributed by atoms with E-state index in [2.05, 4.69) is 33.0 Å². The predicted molar refractivity (Wildman–Crippen MR) is 82.2 cm³/mol. The summed E-state index contributed by atoms with van der Waals surface area (Å²) in [6.45, 7) is 9.30. The Bertz CT molecular complexity index is 301. The van der Waals surface area contributed by atoms with Crippen molar-refractivity contribution in [1.29, 1.82) is 0 Å². The molecule has 0 aromatic heterocycles. The van der Waals surface area contributed by atoms with E-state index in [-0.39, 0.29) is 0 Å². The Morgan fingerprint density at radius 3 is 2.78 bits per heavy atom. The molecule has 0 bridgehead atoms. The molecule has 0 radical (unpaired) electrons. The summed E-state index contributed by atoms with van der Waals surface area (Å²) >= 11 is 1.93. The molecule has 1 heterocycles. The van der Waals surface area contributed by atoms with Gasteiger partial charge in [0, 0.05) is 11.8 Å². The summed E-state index contributed by atoms with van der Waals surface area (Å²) in [5, 5.41) is 4.83. The summed E-state index contributed by atoms with van der Waals surface area (Å²) in [5.41, 5.74) is 0. The minimum atomic E-state index is 0.572. The average Bonchev–Trinajstić information content (AvgIpc) is 2.87. The molecule has 2 aliphatic rings. The molecule has 1 aliphatic heterocycles. The Labute approximate surface area is 116 Å². The van der Waals surface area contributed by atoms with Crippen molar-refractivity contribution in [3.05, 3.63) is 0 Å². The summed E-state index contributed by atoms with van der Waals surface area (Å²) in [7, 11) is 0. The van der Waals surface area contributed by atoms with Gasteiger partial charge in [-0.1, -0.05) is 45.9 Å². The third kappa shape index (κ3) is 3.43. The predicted octanol–water partition coefficient (Wildman–Crippen LogP) is 3.92. The lowest BCUT2D eigenvalue weighted by molar-refractivity contribution is 0.383. The molecule has 2 nitrogen and oxygen atoms in total. The van der Waals surface area contributed by atoms with Crippen LogP contribution >= 0.6 is 11.8 Å². The first-order valence-corrected chi connectivity index (χ1v) is 8.55. The quantitative estimate of drug-likeness (QED) is 0.836. The highest BCUT2D eigenvalue weighted by Crippen LogP contribution is 2.36. The van der Waals surface area contributed by atoms with Gasteiger partial charge in [0.15, 0.2) is 5.17 Å². The molecule has 1 saturated carbocycles. The van der Waals surface area contributed by atoms with Crippen LogP contribution in [-0.4, -0.2) is 23.0 Å². The zero-order valence-corrected chi connectivity index (χ0v) is 13.1. The Hall–Kier alpha value is -0.180. The van der Waals surface area contributed by atoms with Gasteiger partial charge in [-0.15, -0.1) is 0 Å². The van der Waals surface area contributed by atoms with Crippen LogP contribution in [0.4, 0.5) is 0 Å². The molecule has 1 N–H and O–H groups in total. The smallest absolute Gasteiger partial charge is 0.157 e. The van der Waals surface area contributed by atoms with Crippen LogP contribution < -0.4 is 5.32 Å². The van der Waals surface area contributed by atoms with Crippen molar-refractivity contribution in [2.75, 3.05) is 5.75 Å². The van der Waals surface area contributed by atoms with Crippen LogP contribution in [0.25, 0.3) is 0 Å². The first-order valence-electron chi connectivity index (χ1n) is 7.57. The lowest BCUT2D eigenvalue weighted by Crippen LogP contribution is -2.29. The van der Waals surface area contributed by atoms with E-state index in [0.29, 0.717) is 12.1 Å². The molecule has 3 heteroatoms. The fraction of sp³-hybridized carbons (Fsp3) is 0.933. The molecule has 1 saturated heterocycles. The normalized spacial score (nSPS) is 38.6. The summed E-state index contributed by atoms with van der Waals surface area (Å²) in [4.78, 5) is 4.98. The number of nitrogens with one attached hydrogen (secondary N) is 1. The lowest BCUT2D eigenvalue weighted by Gasteiger charge is -2.17. The zero-order chi connectivity index (χ0) is 13.1. The maximum absolute atomic E-state index is 4.98. The third-order valence-electron chi connectivity index (χ3n) is 4.50. The fourth-order valence-electron chi connectivity index (χ4n) is 3.34. The largest absolute Gasteiger partial charge is 0.361 e. The molecule has 4 unspecified atom stereocenters. The highest BCUT2D eigenvalue weighted by molar-refractivity contribution is 8.14. The fourth-order valence-corrected chi connectivity index (χ4v) is 4.38. The molecule has 4 atom stereocenters. The molecule has 2 fully saturated rings. The molecule has 0 spiro atoms. The molecule has 1 aliphatic carbocycles. The van der Waals surface area contributed by atoms with Crippen molar-refractivity contribution in [2.45, 2.75) is 65.5 Å². The van der Waals surface area contributed by atoms with Gasteiger partial charge >= 0.3 is 0 Å². The van der Waals surface area contributed by atoms with E-state index in [9.17, 15) is 0 Å². The topological polar surface area (TPSA) is 24.4 Å². The minimum Gasteiger partial charge on any atom is -0.361 e. The number of nitrogens with zero attached hydrogens (tertiary/aromatic N) is 1. The van der Waals surface area contributed by atoms with E-state index >= 15 is 0 Å². The van der Waals surface area contributed by atoms with Crippen molar-refractivity contribution in [3.8, 4) is 0 Å². The van der Waals surface area contributed by atoms with Crippen LogP contribution in [0.3, 0.4) is 0 Å². The van der Waals surface area contributed by atoms with E-state index < -0.39 is 0 Å². The monoisotopic (exact) mass is 268 g/mol. The molecule has 0 amide bonds. The minimum absolute atomic E-state index is 0.572. The first kappa shape index (κ1) is 14.2. The molecule has 0 aromatic carbocycles. The number of aliphatic imine (C=N–C) groups is 1. The Balaban J connectivity index is 1.87. The summed E-state index contributed by atoms with van der Waals surface area (Å²) in [5.74, 6) is 3.65. The molecule has 104 valence electrons. The van der Waals surface area contributed by atoms with Gasteiger partial charge in [-0.05, 0) is 37.0 Å². The molecule has 2 rings (SSSR count). The van der Waals surface area contributed by atoms with Crippen LogP contribution in [0, 0.1) is 17.8 Å². The van der Waals surface area contributed by atoms with E-state index in [0.717, 1.165) is 17.8 Å². The van der Waals surface area contributed by atoms with E-state index in [1.807, 2.05) is 11.8 Å². The zero-order valence-electron chi connectivity index (χ0n) is 12.3. The molecule has 0 aromatic rings. The second-order valence-corrected chi connectivity index (χ2v) is 7.40. The van der Waals surface area contributed by atoms with Crippen LogP contribution in [0.2, 0.25) is 0 Å². The van der Waals surface area contributed by atoms with Crippen molar-refractivity contribution >= 4 is 16.9 Å². The average molecular weight is 268 g/mol. The highest BCUT2D eigenvalue weighted by atomic mass is 32.2. The maximum atomic E-state index is 4.98. The second kappa shape index (κ2) is 6.31. The van der Waals surface area contributed by atoms with Crippen LogP contribution in [-0.2, 0) is 0 Å². The standard InChI is InChI=1S/C15H28N2S/c1-5-12-6-7-14(11(12)4)17-15-16-13(9-18-15)8-10(2)3/h10-14H,5-9H2,1-4H3,(H,16,17). The summed E-state index contributed by atoms with van der Waals surface area (Å²) in [6, 6.07) is 1.22. The maximum Gasteiger partial charge on any atom is 0.157 e. The Morgan fingerprint density at radius 1 is 1.39 bits per heavy atom. The van der Waals surface area contributed by atoms with Gasteiger partial charge in [0.2, 0.25) is 0 Å². The third-order valence-corrected chi connectivity index (χ3v) is 5.56. The summed E-state index contributed by atoms with van der Waals surface area (Å²) in [6.07, 6.45) is 5.25. The molecule has 18 heavy (non-hydrogen) atoms. The number of hydrogen-bond donors (Lipinski definition) is 1. The van der Waals surface area contributed by atoms with E-state index in [1.54, 1.807) is 0 Å². The highest BCUT2D eigenvalue weighted by Gasteiger charge is 2.32. The SMILES string of the molecule is CCC1CCC(N=C2NC(CC(C)C)CS2)C1C. The van der Waals surface area contributed by atoms with Gasteiger partial charge < -0.3 is 5.32 Å². The van der Waals surface area contributed by atoms with Crippen molar-refractivity contribution < 1.29 is 0 Å². The van der Waals surface area contributed by atoms with Gasteiger partial charge in [0.05, 0.1) is 6.04 Å². The lowest BCUT2D eigenvalue weighted by atomic mass is 9.94. The number of amidine groups is 1. The first-order chi connectivity index (χ1) is 8.60. The van der Waals surface area contributed by atoms with Gasteiger partial charge in [0.1, 0.15) is 0 Å². The van der Waals surface area contributed by atoms with Crippen LogP contribution in [0.5, 0.6) is 0 Å². The second-order valence-electron chi connectivity index (χ2n) is 6.39. The Morgan fingerprint density at radius 2 is 2.17 bits per heavy atom. The van der Waals surface area contributed by atoms with Gasteiger partial charge in [0.25, 0.3) is 0 Å². The number of rotatable bonds is 4. The summed E-state index contributed by atoms with van der Waals surface area (Å²) < 4.78 is 0. The van der Waals surface area contributed by atoms with Crippen molar-refractivity contribution in [3.63, 3.8) is 0 Å². The van der Waals surface area contributed by atoms with Crippen molar-refractivity contribution in [1.82, 2.24) is 5.32 Å². The van der Waals surface area contributed by atoms with E-state index in [4.69, 9.17) is 4.99 Å². The number of hydrogen-bond acceptors (Lipinski definition) is 2. The molecular weight excluding hydrogens is 240 g/mol. The number of thioether (sulfide) groups is 1. The van der Waals surface area contributed by atoms with Crippen LogP contribution in [0.15, 0.2) is 4.99 Å². The van der Waals surface area contributed by atoms with E-state index in [1.165, 1.54) is 36.6 Å².